The number of hydrogen-bond donors (Lipinski definition) is 0. The van der Waals surface area contributed by atoms with Gasteiger partial charge in [0.25, 0.3) is 0 Å². The molecule has 3 heterocycles. The van der Waals surface area contributed by atoms with Crippen LogP contribution < -0.4 is 15.8 Å². The van der Waals surface area contributed by atoms with E-state index in [0.29, 0.717) is 44.1 Å². The lowest BCUT2D eigenvalue weighted by atomic mass is 9.46. The number of para-hydroxylation sites is 3. The van der Waals surface area contributed by atoms with Gasteiger partial charge in [-0.2, -0.15) is 21.0 Å². The largest absolute Gasteiger partial charge is 0.374 e. The van der Waals surface area contributed by atoms with Gasteiger partial charge in [0.05, 0.1) is 51.1 Å². The van der Waals surface area contributed by atoms with E-state index in [1.807, 2.05) is 12.1 Å². The second-order valence-electron chi connectivity index (χ2n) is 11.8. The lowest BCUT2D eigenvalue weighted by molar-refractivity contribution is 0.632. The standard InChI is InChI=1S/C37H21BN6/c1-37(2)28-8-3-5-12-32(28)43-33-13-6-4-10-30(33)38(31-11-7-9-29(37)36(31)43)44-34-24(20-41)14-22(18-39)16-26(34)27-17-23(19-40)15-25(21-42)35(27)44/h3-17H,1-2H3. The van der Waals surface area contributed by atoms with Crippen LogP contribution in [0.1, 0.15) is 47.2 Å². The summed E-state index contributed by atoms with van der Waals surface area (Å²) in [5.41, 5.74) is 10.1. The minimum Gasteiger partial charge on any atom is -0.374 e. The molecule has 0 bridgehead atoms. The number of nitrogens with zero attached hydrogens (tertiary/aromatic N) is 6. The van der Waals surface area contributed by atoms with Gasteiger partial charge < -0.3 is 9.38 Å². The summed E-state index contributed by atoms with van der Waals surface area (Å²) in [6, 6.07) is 39.0. The minimum absolute atomic E-state index is 0.283. The number of benzene rings is 5. The Morgan fingerprint density at radius 2 is 1.14 bits per heavy atom. The smallest absolute Gasteiger partial charge is 0.332 e. The van der Waals surface area contributed by atoms with Crippen molar-refractivity contribution < 1.29 is 0 Å². The Morgan fingerprint density at radius 3 is 1.75 bits per heavy atom. The molecule has 0 N–H and O–H groups in total. The average molecular weight is 560 g/mol. The molecule has 0 amide bonds. The van der Waals surface area contributed by atoms with Crippen LogP contribution in [0.4, 0.5) is 17.1 Å². The van der Waals surface area contributed by atoms with Gasteiger partial charge in [0.1, 0.15) is 12.1 Å². The summed E-state index contributed by atoms with van der Waals surface area (Å²) in [5, 5.41) is 41.9. The summed E-state index contributed by atoms with van der Waals surface area (Å²) >= 11 is 0. The van der Waals surface area contributed by atoms with Crippen molar-refractivity contribution in [2.45, 2.75) is 19.3 Å². The van der Waals surface area contributed by atoms with E-state index >= 15 is 0 Å². The highest BCUT2D eigenvalue weighted by molar-refractivity contribution is 6.88. The van der Waals surface area contributed by atoms with Crippen molar-refractivity contribution in [3.63, 3.8) is 0 Å². The second kappa shape index (κ2) is 8.86. The highest BCUT2D eigenvalue weighted by atomic mass is 15.2. The summed E-state index contributed by atoms with van der Waals surface area (Å²) < 4.78 is 2.10. The van der Waals surface area contributed by atoms with Crippen molar-refractivity contribution >= 4 is 56.6 Å². The fraction of sp³-hybridized carbons (Fsp3) is 0.0811. The zero-order chi connectivity index (χ0) is 30.3. The van der Waals surface area contributed by atoms with Gasteiger partial charge in [-0.15, -0.1) is 0 Å². The van der Waals surface area contributed by atoms with E-state index < -0.39 is 6.85 Å². The van der Waals surface area contributed by atoms with Crippen LogP contribution in [-0.2, 0) is 5.41 Å². The predicted molar refractivity (Wildman–Crippen MR) is 172 cm³/mol. The first kappa shape index (κ1) is 25.4. The molecule has 0 atom stereocenters. The Bertz CT molecular complexity index is 2350. The highest BCUT2D eigenvalue weighted by Gasteiger charge is 2.45. The van der Waals surface area contributed by atoms with Crippen LogP contribution in [0.3, 0.4) is 0 Å². The van der Waals surface area contributed by atoms with Crippen LogP contribution in [0.5, 0.6) is 0 Å². The van der Waals surface area contributed by atoms with Crippen molar-refractivity contribution in [1.29, 1.82) is 21.0 Å². The van der Waals surface area contributed by atoms with E-state index in [-0.39, 0.29) is 5.41 Å². The maximum Gasteiger partial charge on any atom is 0.332 e. The van der Waals surface area contributed by atoms with Gasteiger partial charge in [-0.3, -0.25) is 0 Å². The van der Waals surface area contributed by atoms with Crippen LogP contribution >= 0.6 is 0 Å². The number of rotatable bonds is 1. The Balaban J connectivity index is 1.59. The molecule has 2 aliphatic heterocycles. The van der Waals surface area contributed by atoms with Crippen LogP contribution in [0.2, 0.25) is 0 Å². The molecule has 5 aromatic carbocycles. The normalized spacial score (nSPS) is 13.7. The van der Waals surface area contributed by atoms with Crippen LogP contribution in [0, 0.1) is 45.3 Å². The van der Waals surface area contributed by atoms with E-state index in [4.69, 9.17) is 0 Å². The topological polar surface area (TPSA) is 103 Å². The Kier molecular flexibility index (Phi) is 5.12. The van der Waals surface area contributed by atoms with E-state index in [2.05, 4.69) is 102 Å². The lowest BCUT2D eigenvalue weighted by Gasteiger charge is -2.47. The molecule has 8 rings (SSSR count). The molecular weight excluding hydrogens is 539 g/mol. The third-order valence-corrected chi connectivity index (χ3v) is 9.30. The summed E-state index contributed by atoms with van der Waals surface area (Å²) in [5.74, 6) is 0. The molecule has 2 aliphatic rings. The maximum atomic E-state index is 10.4. The molecule has 0 spiro atoms. The van der Waals surface area contributed by atoms with Crippen molar-refractivity contribution in [3.8, 4) is 24.3 Å². The number of aromatic nitrogens is 1. The number of hydrogen-bond acceptors (Lipinski definition) is 5. The molecule has 6 nitrogen and oxygen atoms in total. The molecule has 7 heteroatoms. The van der Waals surface area contributed by atoms with E-state index in [1.54, 1.807) is 24.3 Å². The summed E-state index contributed by atoms with van der Waals surface area (Å²) in [6.07, 6.45) is 0. The average Bonchev–Trinajstić information content (AvgIpc) is 3.39. The van der Waals surface area contributed by atoms with Crippen molar-refractivity contribution in [2.24, 2.45) is 0 Å². The molecule has 0 saturated carbocycles. The SMILES string of the molecule is CC1(C)c2ccccc2N2c3ccccc3B(n3c4c(C#N)cc(C#N)cc4c4cc(C#N)cc(C#N)c43)c3cccc1c32. The Labute approximate surface area is 254 Å². The van der Waals surface area contributed by atoms with Gasteiger partial charge in [-0.25, -0.2) is 0 Å². The third-order valence-electron chi connectivity index (χ3n) is 9.30. The third kappa shape index (κ3) is 3.11. The van der Waals surface area contributed by atoms with Gasteiger partial charge >= 0.3 is 6.85 Å². The molecule has 202 valence electrons. The molecule has 0 aliphatic carbocycles. The number of anilines is 3. The van der Waals surface area contributed by atoms with Crippen molar-refractivity contribution in [2.75, 3.05) is 4.90 Å². The summed E-state index contributed by atoms with van der Waals surface area (Å²) in [4.78, 5) is 2.35. The Morgan fingerprint density at radius 1 is 0.591 bits per heavy atom. The molecule has 0 radical (unpaired) electrons. The van der Waals surface area contributed by atoms with Gasteiger partial charge in [0.2, 0.25) is 0 Å². The zero-order valence-corrected chi connectivity index (χ0v) is 23.9. The molecule has 0 saturated heterocycles. The molecule has 0 fully saturated rings. The highest BCUT2D eigenvalue weighted by Crippen LogP contribution is 2.52. The number of nitriles is 4. The summed E-state index contributed by atoms with van der Waals surface area (Å²) in [7, 11) is 0. The van der Waals surface area contributed by atoms with E-state index in [1.165, 1.54) is 11.1 Å². The first-order valence-electron chi connectivity index (χ1n) is 14.3. The fourth-order valence-corrected chi connectivity index (χ4v) is 7.49. The van der Waals surface area contributed by atoms with Crippen molar-refractivity contribution in [1.82, 2.24) is 4.48 Å². The molecule has 6 aromatic rings. The van der Waals surface area contributed by atoms with Gasteiger partial charge in [0.15, 0.2) is 0 Å². The Hall–Kier alpha value is -6.28. The van der Waals surface area contributed by atoms with E-state index in [0.717, 1.165) is 28.0 Å². The minimum atomic E-state index is -0.404. The van der Waals surface area contributed by atoms with Gasteiger partial charge in [-0.05, 0) is 58.5 Å². The van der Waals surface area contributed by atoms with Crippen LogP contribution in [-0.4, -0.2) is 11.3 Å². The van der Waals surface area contributed by atoms with E-state index in [9.17, 15) is 21.0 Å². The first-order valence-corrected chi connectivity index (χ1v) is 14.3. The number of fused-ring (bicyclic) bond motifs is 7. The zero-order valence-electron chi connectivity index (χ0n) is 23.9. The molecule has 1 aromatic heterocycles. The maximum absolute atomic E-state index is 10.4. The van der Waals surface area contributed by atoms with Crippen LogP contribution in [0.25, 0.3) is 21.8 Å². The molecule has 44 heavy (non-hydrogen) atoms. The predicted octanol–water partition coefficient (Wildman–Crippen LogP) is 6.36. The first-order chi connectivity index (χ1) is 21.4. The molecular formula is C37H21BN6. The van der Waals surface area contributed by atoms with Crippen LogP contribution in [0.15, 0.2) is 91.0 Å². The monoisotopic (exact) mass is 560 g/mol. The van der Waals surface area contributed by atoms with Crippen molar-refractivity contribution in [3.05, 3.63) is 124 Å². The van der Waals surface area contributed by atoms with Gasteiger partial charge in [-0.1, -0.05) is 68.4 Å². The second-order valence-corrected chi connectivity index (χ2v) is 11.8. The molecule has 0 unspecified atom stereocenters. The summed E-state index contributed by atoms with van der Waals surface area (Å²) in [6.45, 7) is 4.10. The fourth-order valence-electron chi connectivity index (χ4n) is 7.49. The lowest BCUT2D eigenvalue weighted by Crippen LogP contribution is -2.56. The van der Waals surface area contributed by atoms with Gasteiger partial charge in [0, 0.05) is 27.6 Å². The quantitative estimate of drug-likeness (QED) is 0.218.